The van der Waals surface area contributed by atoms with Gasteiger partial charge >= 0.3 is 0 Å². The number of nitrogens with zero attached hydrogens (tertiary/aromatic N) is 5. The van der Waals surface area contributed by atoms with Crippen LogP contribution < -0.4 is 5.73 Å². The predicted molar refractivity (Wildman–Crippen MR) is 85.6 cm³/mol. The molecule has 0 saturated carbocycles. The van der Waals surface area contributed by atoms with Crippen LogP contribution >= 0.6 is 0 Å². The lowest BCUT2D eigenvalue weighted by molar-refractivity contribution is 0.0730. The summed E-state index contributed by atoms with van der Waals surface area (Å²) < 4.78 is 0. The topological polar surface area (TPSA) is 97.9 Å². The Hall–Kier alpha value is -2.57. The first-order chi connectivity index (χ1) is 11.1. The highest BCUT2D eigenvalue weighted by Gasteiger charge is 2.33. The van der Waals surface area contributed by atoms with Crippen molar-refractivity contribution < 1.29 is 4.79 Å². The number of likely N-dealkylation sites (tertiary alicyclic amines) is 1. The van der Waals surface area contributed by atoms with Gasteiger partial charge in [0.2, 0.25) is 0 Å². The highest BCUT2D eigenvalue weighted by Crippen LogP contribution is 2.32. The molecule has 1 amide bonds. The summed E-state index contributed by atoms with van der Waals surface area (Å²) in [6.07, 6.45) is 2.50. The van der Waals surface area contributed by atoms with Gasteiger partial charge < -0.3 is 10.6 Å². The largest absolute Gasteiger partial charge is 0.382 e. The minimum Gasteiger partial charge on any atom is -0.382 e. The number of nitrogen functional groups attached to an aromatic ring is 1. The Kier molecular flexibility index (Phi) is 4.18. The second kappa shape index (κ2) is 6.28. The van der Waals surface area contributed by atoms with E-state index in [1.807, 2.05) is 30.9 Å². The second-order valence-corrected chi connectivity index (χ2v) is 5.74. The normalized spacial score (nSPS) is 17.5. The summed E-state index contributed by atoms with van der Waals surface area (Å²) in [5, 5.41) is 16.3. The number of aromatic nitrogens is 4. The average molecular weight is 312 g/mol. The van der Waals surface area contributed by atoms with Crippen LogP contribution in [0.15, 0.2) is 18.2 Å². The van der Waals surface area contributed by atoms with Crippen LogP contribution in [0.3, 0.4) is 0 Å². The molecule has 3 rings (SSSR count). The Morgan fingerprint density at radius 3 is 2.83 bits per heavy atom. The van der Waals surface area contributed by atoms with Crippen molar-refractivity contribution in [1.82, 2.24) is 25.3 Å². The summed E-state index contributed by atoms with van der Waals surface area (Å²) >= 11 is 0. The molecule has 7 heteroatoms. The minimum absolute atomic E-state index is 0.0130. The van der Waals surface area contributed by atoms with E-state index >= 15 is 0 Å². The van der Waals surface area contributed by atoms with E-state index in [1.165, 1.54) is 0 Å². The Balaban J connectivity index is 1.92. The third-order valence-electron chi connectivity index (χ3n) is 4.12. The maximum Gasteiger partial charge on any atom is 0.256 e. The zero-order valence-electron chi connectivity index (χ0n) is 13.4. The van der Waals surface area contributed by atoms with Crippen molar-refractivity contribution in [3.8, 4) is 0 Å². The third kappa shape index (κ3) is 2.99. The van der Waals surface area contributed by atoms with Crippen LogP contribution in [0.4, 0.5) is 5.82 Å². The van der Waals surface area contributed by atoms with Gasteiger partial charge in [-0.25, -0.2) is 0 Å². The Labute approximate surface area is 134 Å². The van der Waals surface area contributed by atoms with E-state index in [9.17, 15) is 4.79 Å². The molecule has 1 aliphatic heterocycles. The van der Waals surface area contributed by atoms with Gasteiger partial charge in [0, 0.05) is 6.54 Å². The number of aryl methyl sites for hydroxylation is 2. The second-order valence-electron chi connectivity index (χ2n) is 5.74. The fraction of sp³-hybridized carbons (Fsp3) is 0.438. The fourth-order valence-electron chi connectivity index (χ4n) is 2.96. The molecule has 1 saturated heterocycles. The Bertz CT molecular complexity index is 715. The van der Waals surface area contributed by atoms with Crippen LogP contribution in [-0.4, -0.2) is 37.7 Å². The summed E-state index contributed by atoms with van der Waals surface area (Å²) in [6, 6.07) is 5.32. The van der Waals surface area contributed by atoms with Crippen molar-refractivity contribution in [2.75, 3.05) is 12.3 Å². The first-order valence-electron chi connectivity index (χ1n) is 7.83. The van der Waals surface area contributed by atoms with Gasteiger partial charge in [-0.05, 0) is 44.4 Å². The lowest BCUT2D eigenvalue weighted by atomic mass is 10.1. The number of amides is 1. The molecule has 3 heterocycles. The molecule has 1 aliphatic rings. The summed E-state index contributed by atoms with van der Waals surface area (Å²) in [6.45, 7) is 4.53. The van der Waals surface area contributed by atoms with Gasteiger partial charge in [0.1, 0.15) is 5.82 Å². The lowest BCUT2D eigenvalue weighted by Crippen LogP contribution is -2.32. The smallest absolute Gasteiger partial charge is 0.256 e. The Morgan fingerprint density at radius 1 is 1.30 bits per heavy atom. The molecule has 7 nitrogen and oxygen atoms in total. The lowest BCUT2D eigenvalue weighted by Gasteiger charge is -2.24. The van der Waals surface area contributed by atoms with Crippen LogP contribution in [-0.2, 0) is 6.42 Å². The van der Waals surface area contributed by atoms with Gasteiger partial charge in [-0.1, -0.05) is 6.92 Å². The molecule has 0 bridgehead atoms. The predicted octanol–water partition coefficient (Wildman–Crippen LogP) is 1.70. The van der Waals surface area contributed by atoms with Crippen molar-refractivity contribution in [2.45, 2.75) is 39.2 Å². The van der Waals surface area contributed by atoms with Crippen LogP contribution in [0.5, 0.6) is 0 Å². The molecule has 2 aromatic rings. The molecule has 2 aromatic heterocycles. The van der Waals surface area contributed by atoms with Crippen LogP contribution in [0, 0.1) is 6.92 Å². The van der Waals surface area contributed by atoms with Gasteiger partial charge in [0.05, 0.1) is 28.7 Å². The zero-order valence-corrected chi connectivity index (χ0v) is 13.4. The van der Waals surface area contributed by atoms with E-state index in [-0.39, 0.29) is 11.9 Å². The molecule has 120 valence electrons. The van der Waals surface area contributed by atoms with E-state index < -0.39 is 0 Å². The fourth-order valence-corrected chi connectivity index (χ4v) is 2.96. The molecular weight excluding hydrogens is 292 g/mol. The molecule has 0 aromatic carbocycles. The van der Waals surface area contributed by atoms with Crippen LogP contribution in [0.1, 0.15) is 53.2 Å². The maximum atomic E-state index is 13.0. The molecule has 0 aliphatic carbocycles. The number of nitrogens with two attached hydrogens (primary N) is 1. The van der Waals surface area contributed by atoms with Crippen molar-refractivity contribution in [3.05, 3.63) is 40.8 Å². The summed E-state index contributed by atoms with van der Waals surface area (Å²) in [4.78, 5) is 14.9. The van der Waals surface area contributed by atoms with Crippen LogP contribution in [0.25, 0.3) is 0 Å². The van der Waals surface area contributed by atoms with E-state index in [1.54, 1.807) is 6.07 Å². The number of rotatable bonds is 3. The monoisotopic (exact) mass is 312 g/mol. The number of hydrogen-bond acceptors (Lipinski definition) is 6. The molecule has 0 radical (unpaired) electrons. The molecule has 1 unspecified atom stereocenters. The number of anilines is 1. The molecule has 0 spiro atoms. The number of carbonyl (C=O) groups is 1. The first-order valence-corrected chi connectivity index (χ1v) is 7.83. The number of hydrogen-bond donors (Lipinski definition) is 1. The third-order valence-corrected chi connectivity index (χ3v) is 4.12. The highest BCUT2D eigenvalue weighted by molar-refractivity contribution is 5.95. The number of carbonyl (C=O) groups excluding carboxylic acids is 1. The van der Waals surface area contributed by atoms with Gasteiger partial charge in [-0.15, -0.1) is 5.10 Å². The zero-order chi connectivity index (χ0) is 16.4. The average Bonchev–Trinajstić information content (AvgIpc) is 3.04. The van der Waals surface area contributed by atoms with Crippen molar-refractivity contribution >= 4 is 11.7 Å². The molecule has 2 N–H and O–H groups in total. The summed E-state index contributed by atoms with van der Waals surface area (Å²) in [5.74, 6) is 0.368. The van der Waals surface area contributed by atoms with E-state index in [0.29, 0.717) is 24.3 Å². The van der Waals surface area contributed by atoms with Crippen molar-refractivity contribution in [3.63, 3.8) is 0 Å². The molecular formula is C16H20N6O. The Morgan fingerprint density at radius 2 is 2.13 bits per heavy atom. The summed E-state index contributed by atoms with van der Waals surface area (Å²) in [7, 11) is 0. The molecule has 23 heavy (non-hydrogen) atoms. The summed E-state index contributed by atoms with van der Waals surface area (Å²) in [5.41, 5.74) is 8.49. The molecule has 1 fully saturated rings. The van der Waals surface area contributed by atoms with Crippen molar-refractivity contribution in [1.29, 1.82) is 0 Å². The van der Waals surface area contributed by atoms with E-state index in [4.69, 9.17) is 5.73 Å². The van der Waals surface area contributed by atoms with E-state index in [2.05, 4.69) is 20.4 Å². The first kappa shape index (κ1) is 15.3. The highest BCUT2D eigenvalue weighted by atomic mass is 16.2. The van der Waals surface area contributed by atoms with Gasteiger partial charge in [0.15, 0.2) is 0 Å². The van der Waals surface area contributed by atoms with E-state index in [0.717, 1.165) is 29.9 Å². The molecule has 1 atom stereocenters. The van der Waals surface area contributed by atoms with Crippen LogP contribution in [0.2, 0.25) is 0 Å². The van der Waals surface area contributed by atoms with Crippen molar-refractivity contribution in [2.24, 2.45) is 0 Å². The minimum atomic E-state index is -0.0613. The van der Waals surface area contributed by atoms with Gasteiger partial charge in [-0.2, -0.15) is 15.3 Å². The SMILES string of the molecule is CCc1nnc(C)cc1C(=O)N1CCCC1c1ccc(N)nn1. The maximum absolute atomic E-state index is 13.0. The quantitative estimate of drug-likeness (QED) is 0.926. The standard InChI is InChI=1S/C16H20N6O/c1-3-12-11(9-10(2)18-19-12)16(23)22-8-4-5-14(22)13-6-7-15(17)21-20-13/h6-7,9,14H,3-5,8H2,1-2H3,(H2,17,21). The van der Waals surface area contributed by atoms with Gasteiger partial charge in [0.25, 0.3) is 5.91 Å². The van der Waals surface area contributed by atoms with Gasteiger partial charge in [-0.3, -0.25) is 4.79 Å².